The molecule has 0 saturated heterocycles. The van der Waals surface area contributed by atoms with Gasteiger partial charge in [0.1, 0.15) is 0 Å². The van der Waals surface area contributed by atoms with Crippen LogP contribution in [-0.4, -0.2) is 35.0 Å². The smallest absolute Gasteiger partial charge is 0.404 e. The molecule has 0 spiro atoms. The van der Waals surface area contributed by atoms with Crippen LogP contribution in [0.4, 0.5) is 4.79 Å². The Bertz CT molecular complexity index is 217. The van der Waals surface area contributed by atoms with Crippen LogP contribution in [0.15, 0.2) is 0 Å². The molecule has 1 rings (SSSR count). The zero-order chi connectivity index (χ0) is 12.0. The molecule has 0 aliphatic heterocycles. The maximum absolute atomic E-state index is 10.3. The molecule has 5 nitrogen and oxygen atoms in total. The van der Waals surface area contributed by atoms with Gasteiger partial charge in [-0.2, -0.15) is 0 Å². The van der Waals surface area contributed by atoms with Gasteiger partial charge in [-0.05, 0) is 12.3 Å². The second kappa shape index (κ2) is 6.70. The third kappa shape index (κ3) is 4.81. The van der Waals surface area contributed by atoms with E-state index in [1.807, 2.05) is 0 Å². The normalized spacial score (nSPS) is 21.4. The van der Waals surface area contributed by atoms with E-state index < -0.39 is 12.2 Å². The summed E-state index contributed by atoms with van der Waals surface area (Å²) in [6.45, 7) is 0.0171. The summed E-state index contributed by atoms with van der Waals surface area (Å²) >= 11 is 0. The SMILES string of the molecule is N[C@@H](CC1CCCCC1)[C@H](O)CNC(=O)O. The fourth-order valence-electron chi connectivity index (χ4n) is 2.31. The van der Waals surface area contributed by atoms with Crippen molar-refractivity contribution in [3.05, 3.63) is 0 Å². The summed E-state index contributed by atoms with van der Waals surface area (Å²) in [6, 6.07) is -0.324. The van der Waals surface area contributed by atoms with Gasteiger partial charge < -0.3 is 21.3 Å². The van der Waals surface area contributed by atoms with Gasteiger partial charge in [0.05, 0.1) is 6.10 Å². The number of hydrogen-bond acceptors (Lipinski definition) is 3. The van der Waals surface area contributed by atoms with Gasteiger partial charge in [0, 0.05) is 12.6 Å². The van der Waals surface area contributed by atoms with Gasteiger partial charge in [-0.3, -0.25) is 0 Å². The molecule has 0 heterocycles. The highest BCUT2D eigenvalue weighted by molar-refractivity contribution is 5.64. The number of aliphatic hydroxyl groups is 1. The molecule has 0 aromatic heterocycles. The first kappa shape index (κ1) is 13.3. The van der Waals surface area contributed by atoms with Crippen molar-refractivity contribution in [3.63, 3.8) is 0 Å². The van der Waals surface area contributed by atoms with Gasteiger partial charge in [-0.1, -0.05) is 32.1 Å². The highest BCUT2D eigenvalue weighted by Gasteiger charge is 2.21. The lowest BCUT2D eigenvalue weighted by molar-refractivity contribution is 0.121. The van der Waals surface area contributed by atoms with Crippen LogP contribution < -0.4 is 11.1 Å². The molecule has 1 saturated carbocycles. The summed E-state index contributed by atoms with van der Waals surface area (Å²) in [6.07, 6.45) is 5.07. The van der Waals surface area contributed by atoms with Crippen LogP contribution in [0.1, 0.15) is 38.5 Å². The summed E-state index contributed by atoms with van der Waals surface area (Å²) in [5.74, 6) is 0.600. The zero-order valence-electron chi connectivity index (χ0n) is 9.56. The Labute approximate surface area is 96.0 Å². The largest absolute Gasteiger partial charge is 0.465 e. The minimum atomic E-state index is -1.12. The monoisotopic (exact) mass is 230 g/mol. The molecule has 1 aliphatic carbocycles. The first-order valence-electron chi connectivity index (χ1n) is 6.00. The molecule has 0 bridgehead atoms. The summed E-state index contributed by atoms with van der Waals surface area (Å²) in [7, 11) is 0. The molecule has 1 fully saturated rings. The van der Waals surface area contributed by atoms with E-state index in [0.717, 1.165) is 6.42 Å². The van der Waals surface area contributed by atoms with Crippen molar-refractivity contribution < 1.29 is 15.0 Å². The molecular formula is C11H22N2O3. The van der Waals surface area contributed by atoms with Crippen LogP contribution >= 0.6 is 0 Å². The Balaban J connectivity index is 2.21. The van der Waals surface area contributed by atoms with Crippen molar-refractivity contribution in [2.75, 3.05) is 6.54 Å². The molecule has 16 heavy (non-hydrogen) atoms. The maximum atomic E-state index is 10.3. The molecule has 0 radical (unpaired) electrons. The maximum Gasteiger partial charge on any atom is 0.404 e. The van der Waals surface area contributed by atoms with E-state index in [1.165, 1.54) is 32.1 Å². The average Bonchev–Trinajstić information content (AvgIpc) is 2.27. The Kier molecular flexibility index (Phi) is 5.55. The second-order valence-electron chi connectivity index (χ2n) is 4.66. The summed E-state index contributed by atoms with van der Waals surface area (Å²) < 4.78 is 0. The van der Waals surface area contributed by atoms with Gasteiger partial charge >= 0.3 is 6.09 Å². The van der Waals surface area contributed by atoms with Crippen molar-refractivity contribution in [1.82, 2.24) is 5.32 Å². The Morgan fingerprint density at radius 2 is 2.00 bits per heavy atom. The standard InChI is InChI=1S/C11H22N2O3/c12-9(10(14)7-13-11(15)16)6-8-4-2-1-3-5-8/h8-10,13-14H,1-7,12H2,(H,15,16)/t9-,10+/m0/s1. The van der Waals surface area contributed by atoms with E-state index in [0.29, 0.717) is 5.92 Å². The van der Waals surface area contributed by atoms with Crippen molar-refractivity contribution in [2.24, 2.45) is 11.7 Å². The minimum absolute atomic E-state index is 0.0171. The number of rotatable bonds is 5. The van der Waals surface area contributed by atoms with Gasteiger partial charge in [0.15, 0.2) is 0 Å². The molecule has 5 N–H and O–H groups in total. The minimum Gasteiger partial charge on any atom is -0.465 e. The highest BCUT2D eigenvalue weighted by Crippen LogP contribution is 2.27. The predicted octanol–water partition coefficient (Wildman–Crippen LogP) is 0.913. The van der Waals surface area contributed by atoms with Gasteiger partial charge in [0.25, 0.3) is 0 Å². The average molecular weight is 230 g/mol. The van der Waals surface area contributed by atoms with E-state index in [4.69, 9.17) is 10.8 Å². The lowest BCUT2D eigenvalue weighted by Crippen LogP contribution is -2.44. The second-order valence-corrected chi connectivity index (χ2v) is 4.66. The van der Waals surface area contributed by atoms with E-state index in [1.54, 1.807) is 0 Å². The van der Waals surface area contributed by atoms with E-state index in [9.17, 15) is 9.90 Å². The quantitative estimate of drug-likeness (QED) is 0.564. The highest BCUT2D eigenvalue weighted by atomic mass is 16.4. The van der Waals surface area contributed by atoms with Gasteiger partial charge in [-0.15, -0.1) is 0 Å². The molecule has 1 amide bonds. The fraction of sp³-hybridized carbons (Fsp3) is 0.909. The molecule has 0 aromatic rings. The molecular weight excluding hydrogens is 208 g/mol. The van der Waals surface area contributed by atoms with Crippen LogP contribution in [0.5, 0.6) is 0 Å². The number of nitrogens with two attached hydrogens (primary N) is 1. The number of aliphatic hydroxyl groups excluding tert-OH is 1. The summed E-state index contributed by atoms with van der Waals surface area (Å²) in [5, 5.41) is 20.2. The zero-order valence-corrected chi connectivity index (χ0v) is 9.56. The number of carboxylic acid groups (broad SMARTS) is 1. The van der Waals surface area contributed by atoms with Crippen LogP contribution in [0.25, 0.3) is 0 Å². The van der Waals surface area contributed by atoms with Crippen LogP contribution in [0.2, 0.25) is 0 Å². The summed E-state index contributed by atoms with van der Waals surface area (Å²) in [5.41, 5.74) is 5.85. The van der Waals surface area contributed by atoms with Gasteiger partial charge in [-0.25, -0.2) is 4.79 Å². The molecule has 0 unspecified atom stereocenters. The number of amides is 1. The molecule has 94 valence electrons. The lowest BCUT2D eigenvalue weighted by atomic mass is 9.84. The molecule has 5 heteroatoms. The van der Waals surface area contributed by atoms with E-state index >= 15 is 0 Å². The van der Waals surface area contributed by atoms with Crippen molar-refractivity contribution in [2.45, 2.75) is 50.7 Å². The van der Waals surface area contributed by atoms with Gasteiger partial charge in [0.2, 0.25) is 0 Å². The molecule has 0 aromatic carbocycles. The first-order valence-corrected chi connectivity index (χ1v) is 6.00. The summed E-state index contributed by atoms with van der Waals surface area (Å²) in [4.78, 5) is 10.3. The Hall–Kier alpha value is -0.810. The Morgan fingerprint density at radius 3 is 2.56 bits per heavy atom. The number of nitrogens with one attached hydrogen (secondary N) is 1. The van der Waals surface area contributed by atoms with Crippen LogP contribution in [0, 0.1) is 5.92 Å². The van der Waals surface area contributed by atoms with Crippen LogP contribution in [-0.2, 0) is 0 Å². The van der Waals surface area contributed by atoms with E-state index in [-0.39, 0.29) is 12.6 Å². The van der Waals surface area contributed by atoms with Crippen LogP contribution in [0.3, 0.4) is 0 Å². The first-order chi connectivity index (χ1) is 7.59. The third-order valence-corrected chi connectivity index (χ3v) is 3.29. The lowest BCUT2D eigenvalue weighted by Gasteiger charge is -2.26. The molecule has 2 atom stereocenters. The van der Waals surface area contributed by atoms with E-state index in [2.05, 4.69) is 5.32 Å². The van der Waals surface area contributed by atoms with Crippen molar-refractivity contribution in [1.29, 1.82) is 0 Å². The number of hydrogen-bond donors (Lipinski definition) is 4. The van der Waals surface area contributed by atoms with Crippen molar-refractivity contribution in [3.8, 4) is 0 Å². The Morgan fingerprint density at radius 1 is 1.38 bits per heavy atom. The predicted molar refractivity (Wildman–Crippen MR) is 61.2 cm³/mol. The topological polar surface area (TPSA) is 95.6 Å². The fourth-order valence-corrected chi connectivity index (χ4v) is 2.31. The third-order valence-electron chi connectivity index (χ3n) is 3.29. The van der Waals surface area contributed by atoms with Crippen molar-refractivity contribution >= 4 is 6.09 Å². The number of carbonyl (C=O) groups is 1. The molecule has 1 aliphatic rings.